The second kappa shape index (κ2) is 8.85. The van der Waals surface area contributed by atoms with Gasteiger partial charge in [0.25, 0.3) is 5.91 Å². The van der Waals surface area contributed by atoms with Gasteiger partial charge in [-0.1, -0.05) is 37.3 Å². The SMILES string of the molecule is C[C@@H]1[C@@H]([Si](C)(C)O)[C@H](CCO)O[C@@]12C(=O)N(Cc1ccc(N3CCCC3=O)cc1)c1ccccc12. The van der Waals surface area contributed by atoms with Gasteiger partial charge in [-0.15, -0.1) is 0 Å². The van der Waals surface area contributed by atoms with E-state index in [1.165, 1.54) is 0 Å². The molecule has 0 aromatic heterocycles. The van der Waals surface area contributed by atoms with Gasteiger partial charge in [0, 0.05) is 42.3 Å². The van der Waals surface area contributed by atoms with Gasteiger partial charge in [-0.05, 0) is 49.7 Å². The quantitative estimate of drug-likeness (QED) is 0.600. The highest BCUT2D eigenvalue weighted by molar-refractivity contribution is 6.71. The lowest BCUT2D eigenvalue weighted by Crippen LogP contribution is -2.46. The van der Waals surface area contributed by atoms with E-state index in [2.05, 4.69) is 0 Å². The van der Waals surface area contributed by atoms with Gasteiger partial charge in [-0.3, -0.25) is 9.59 Å². The fraction of sp³-hybridized carbons (Fsp3) is 0.481. The number of fused-ring (bicyclic) bond motifs is 2. The molecule has 2 aromatic rings. The summed E-state index contributed by atoms with van der Waals surface area (Å²) in [5.74, 6) is -0.195. The number of para-hydroxylation sites is 1. The Hall–Kier alpha value is -2.52. The van der Waals surface area contributed by atoms with E-state index in [9.17, 15) is 19.5 Å². The number of rotatable bonds is 6. The van der Waals surface area contributed by atoms with Crippen LogP contribution in [0.3, 0.4) is 0 Å². The number of carbonyl (C=O) groups is 2. The number of hydrogen-bond donors (Lipinski definition) is 2. The van der Waals surface area contributed by atoms with Crippen molar-refractivity contribution in [1.82, 2.24) is 0 Å². The van der Waals surface area contributed by atoms with E-state index in [1.54, 1.807) is 4.90 Å². The maximum absolute atomic E-state index is 14.2. The highest BCUT2D eigenvalue weighted by Gasteiger charge is 2.65. The van der Waals surface area contributed by atoms with Gasteiger partial charge >= 0.3 is 0 Å². The summed E-state index contributed by atoms with van der Waals surface area (Å²) in [5.41, 5.74) is 2.16. The van der Waals surface area contributed by atoms with Crippen LogP contribution in [-0.4, -0.2) is 49.3 Å². The highest BCUT2D eigenvalue weighted by atomic mass is 28.4. The molecule has 2 amide bonds. The van der Waals surface area contributed by atoms with Gasteiger partial charge in [0.2, 0.25) is 5.91 Å². The zero-order chi connectivity index (χ0) is 25.0. The molecule has 0 saturated carbocycles. The first-order valence-electron chi connectivity index (χ1n) is 12.5. The lowest BCUT2D eigenvalue weighted by Gasteiger charge is -2.32. The molecule has 35 heavy (non-hydrogen) atoms. The molecule has 2 fully saturated rings. The number of anilines is 2. The summed E-state index contributed by atoms with van der Waals surface area (Å²) in [6.07, 6.45) is 1.48. The topological polar surface area (TPSA) is 90.3 Å². The lowest BCUT2D eigenvalue weighted by molar-refractivity contribution is -0.146. The molecule has 3 heterocycles. The molecule has 186 valence electrons. The largest absolute Gasteiger partial charge is 0.432 e. The van der Waals surface area contributed by atoms with Crippen LogP contribution in [0.1, 0.15) is 37.3 Å². The van der Waals surface area contributed by atoms with Crippen molar-refractivity contribution in [3.8, 4) is 0 Å². The zero-order valence-electron chi connectivity index (χ0n) is 20.6. The minimum Gasteiger partial charge on any atom is -0.432 e. The first-order chi connectivity index (χ1) is 16.7. The summed E-state index contributed by atoms with van der Waals surface area (Å²) in [6.45, 7) is 6.85. The van der Waals surface area contributed by atoms with E-state index in [0.29, 0.717) is 19.4 Å². The fourth-order valence-electron chi connectivity index (χ4n) is 6.47. The molecule has 2 N–H and O–H groups in total. The van der Waals surface area contributed by atoms with Crippen LogP contribution in [0.15, 0.2) is 48.5 Å². The standard InChI is InChI=1S/C27H34N2O5Si/c1-18-25(35(2,3)33)23(14-16-30)34-27(18)21-7-4-5-8-22(21)29(26(27)32)17-19-10-12-20(13-11-19)28-15-6-9-24(28)31/h4-5,7-8,10-13,18,23,25,30,33H,6,9,14-17H2,1-3H3/t18-,23+,25-,27+/m1/s1. The Morgan fingerprint density at radius 2 is 1.83 bits per heavy atom. The third-order valence-electron chi connectivity index (χ3n) is 7.97. The van der Waals surface area contributed by atoms with E-state index in [4.69, 9.17) is 4.74 Å². The fourth-order valence-corrected chi connectivity index (χ4v) is 9.07. The minimum atomic E-state index is -2.69. The number of benzene rings is 2. The third kappa shape index (κ3) is 3.83. The average Bonchev–Trinajstić information content (AvgIpc) is 3.45. The van der Waals surface area contributed by atoms with Gasteiger partial charge in [0.15, 0.2) is 13.9 Å². The van der Waals surface area contributed by atoms with Crippen molar-refractivity contribution in [3.63, 3.8) is 0 Å². The molecule has 0 aliphatic carbocycles. The number of carbonyl (C=O) groups excluding carboxylic acids is 2. The predicted octanol–water partition coefficient (Wildman–Crippen LogP) is 3.54. The maximum Gasteiger partial charge on any atom is 0.264 e. The van der Waals surface area contributed by atoms with Crippen molar-refractivity contribution in [2.75, 3.05) is 23.0 Å². The normalized spacial score (nSPS) is 28.4. The average molecular weight is 495 g/mol. The number of hydrogen-bond acceptors (Lipinski definition) is 5. The maximum atomic E-state index is 14.2. The molecule has 2 saturated heterocycles. The molecule has 8 heteroatoms. The lowest BCUT2D eigenvalue weighted by atomic mass is 9.82. The molecule has 1 spiro atoms. The summed E-state index contributed by atoms with van der Waals surface area (Å²) in [5, 5.41) is 9.69. The summed E-state index contributed by atoms with van der Waals surface area (Å²) in [4.78, 5) is 41.0. The van der Waals surface area contributed by atoms with Crippen LogP contribution in [0.25, 0.3) is 0 Å². The van der Waals surface area contributed by atoms with Crippen molar-refractivity contribution in [2.45, 2.75) is 63.1 Å². The Bertz CT molecular complexity index is 1130. The minimum absolute atomic E-state index is 0.0557. The first-order valence-corrected chi connectivity index (χ1v) is 15.5. The predicted molar refractivity (Wildman–Crippen MR) is 137 cm³/mol. The Kier molecular flexibility index (Phi) is 6.12. The molecular weight excluding hydrogens is 460 g/mol. The number of ether oxygens (including phenoxy) is 1. The Morgan fingerprint density at radius 3 is 2.46 bits per heavy atom. The van der Waals surface area contributed by atoms with E-state index in [1.807, 2.05) is 73.4 Å². The number of amides is 2. The van der Waals surface area contributed by atoms with Crippen LogP contribution in [0, 0.1) is 5.92 Å². The van der Waals surface area contributed by atoms with Gasteiger partial charge in [-0.25, -0.2) is 0 Å². The van der Waals surface area contributed by atoms with Crippen molar-refractivity contribution < 1.29 is 24.2 Å². The highest BCUT2D eigenvalue weighted by Crippen LogP contribution is 2.59. The van der Waals surface area contributed by atoms with Crippen molar-refractivity contribution in [2.24, 2.45) is 5.92 Å². The van der Waals surface area contributed by atoms with Crippen LogP contribution in [-0.2, 0) is 26.5 Å². The molecule has 0 radical (unpaired) electrons. The van der Waals surface area contributed by atoms with Crippen LogP contribution >= 0.6 is 0 Å². The number of aliphatic hydroxyl groups excluding tert-OH is 1. The van der Waals surface area contributed by atoms with E-state index < -0.39 is 13.9 Å². The monoisotopic (exact) mass is 494 g/mol. The Balaban J connectivity index is 1.48. The first kappa shape index (κ1) is 24.2. The zero-order valence-corrected chi connectivity index (χ0v) is 21.6. The molecule has 5 rings (SSSR count). The third-order valence-corrected chi connectivity index (χ3v) is 10.5. The van der Waals surface area contributed by atoms with Gasteiger partial charge in [0.05, 0.1) is 18.3 Å². The molecule has 3 aliphatic heterocycles. The second-order valence-corrected chi connectivity index (χ2v) is 14.6. The molecule has 7 nitrogen and oxygen atoms in total. The van der Waals surface area contributed by atoms with Crippen LogP contribution in [0.4, 0.5) is 11.4 Å². The van der Waals surface area contributed by atoms with Crippen molar-refractivity contribution >= 4 is 31.5 Å². The number of nitrogens with zero attached hydrogens (tertiary/aromatic N) is 2. The molecule has 3 aliphatic rings. The molecule has 2 aromatic carbocycles. The summed E-state index contributed by atoms with van der Waals surface area (Å²) >= 11 is 0. The molecule has 0 unspecified atom stereocenters. The molecular formula is C27H34N2O5Si. The van der Waals surface area contributed by atoms with Crippen molar-refractivity contribution in [1.29, 1.82) is 0 Å². The Labute approximate surface area is 207 Å². The van der Waals surface area contributed by atoms with Crippen molar-refractivity contribution in [3.05, 3.63) is 59.7 Å². The summed E-state index contributed by atoms with van der Waals surface area (Å²) in [6, 6.07) is 15.6. The van der Waals surface area contributed by atoms with Gasteiger partial charge in [-0.2, -0.15) is 0 Å². The second-order valence-electron chi connectivity index (χ2n) is 10.6. The van der Waals surface area contributed by atoms with Gasteiger partial charge < -0.3 is 24.4 Å². The van der Waals surface area contributed by atoms with E-state index in [0.717, 1.165) is 35.5 Å². The molecule has 4 atom stereocenters. The van der Waals surface area contributed by atoms with E-state index >= 15 is 0 Å². The Morgan fingerprint density at radius 1 is 1.11 bits per heavy atom. The summed E-state index contributed by atoms with van der Waals surface area (Å²) < 4.78 is 6.59. The van der Waals surface area contributed by atoms with Crippen LogP contribution in [0.2, 0.25) is 18.6 Å². The van der Waals surface area contributed by atoms with Crippen LogP contribution < -0.4 is 9.80 Å². The van der Waals surface area contributed by atoms with Gasteiger partial charge in [0.1, 0.15) is 0 Å². The van der Waals surface area contributed by atoms with Crippen LogP contribution in [0.5, 0.6) is 0 Å². The number of aliphatic hydroxyl groups is 1. The van der Waals surface area contributed by atoms with E-state index in [-0.39, 0.29) is 36.0 Å². The molecule has 0 bridgehead atoms. The summed E-state index contributed by atoms with van der Waals surface area (Å²) in [7, 11) is -2.69. The smallest absolute Gasteiger partial charge is 0.264 e.